The van der Waals surface area contributed by atoms with Crippen LogP contribution in [0, 0.1) is 0 Å². The molecule has 3 aromatic rings. The molecule has 122 valence electrons. The van der Waals surface area contributed by atoms with Crippen LogP contribution in [-0.4, -0.2) is 15.6 Å². The maximum Gasteiger partial charge on any atom is 0.127 e. The summed E-state index contributed by atoms with van der Waals surface area (Å²) in [5.41, 5.74) is 1.65. The number of rotatable bonds is 2. The molecule has 1 atom stereocenters. The van der Waals surface area contributed by atoms with Crippen molar-refractivity contribution in [3.05, 3.63) is 59.7 Å². The van der Waals surface area contributed by atoms with Gasteiger partial charge in [0.2, 0.25) is 0 Å². The Balaban J connectivity index is 1.82. The first-order valence-electron chi connectivity index (χ1n) is 8.00. The van der Waals surface area contributed by atoms with Gasteiger partial charge in [-0.1, -0.05) is 30.0 Å². The average molecular weight is 357 g/mol. The molecule has 0 aliphatic heterocycles. The van der Waals surface area contributed by atoms with Crippen LogP contribution in [0.4, 0.5) is 0 Å². The fraction of sp³-hybridized carbons (Fsp3) is 0.200. The van der Waals surface area contributed by atoms with Crippen LogP contribution in [0.2, 0.25) is 0 Å². The number of phenols is 2. The molecule has 0 aromatic heterocycles. The van der Waals surface area contributed by atoms with Crippen molar-refractivity contribution in [1.29, 1.82) is 0 Å². The molecule has 0 heterocycles. The third-order valence-corrected chi connectivity index (χ3v) is 5.92. The second kappa shape index (κ2) is 6.23. The zero-order valence-corrected chi connectivity index (χ0v) is 14.6. The fourth-order valence-corrected chi connectivity index (χ4v) is 4.48. The lowest BCUT2D eigenvalue weighted by Gasteiger charge is -2.23. The molecule has 2 nitrogen and oxygen atoms in total. The number of alkyl halides is 1. The minimum Gasteiger partial charge on any atom is -0.507 e. The summed E-state index contributed by atoms with van der Waals surface area (Å²) in [6.07, 6.45) is 2.13. The summed E-state index contributed by atoms with van der Waals surface area (Å²) in [4.78, 5) is 2.18. The van der Waals surface area contributed by atoms with Gasteiger partial charge in [-0.25, -0.2) is 0 Å². The van der Waals surface area contributed by atoms with Crippen molar-refractivity contribution in [3.63, 3.8) is 0 Å². The number of halogens is 1. The third-order valence-electron chi connectivity index (χ3n) is 4.55. The van der Waals surface area contributed by atoms with Gasteiger partial charge < -0.3 is 10.2 Å². The summed E-state index contributed by atoms with van der Waals surface area (Å²) >= 11 is 7.88. The van der Waals surface area contributed by atoms with Crippen LogP contribution in [-0.2, 0) is 12.8 Å². The zero-order valence-electron chi connectivity index (χ0n) is 13.0. The molecule has 4 heteroatoms. The van der Waals surface area contributed by atoms with E-state index in [-0.39, 0.29) is 16.9 Å². The van der Waals surface area contributed by atoms with Gasteiger partial charge in [-0.3, -0.25) is 0 Å². The zero-order chi connectivity index (χ0) is 16.7. The minimum absolute atomic E-state index is 0.0214. The summed E-state index contributed by atoms with van der Waals surface area (Å²) in [5.74, 6) is 0.552. The molecule has 1 aliphatic carbocycles. The van der Waals surface area contributed by atoms with Crippen LogP contribution in [0.1, 0.15) is 17.5 Å². The smallest absolute Gasteiger partial charge is 0.127 e. The van der Waals surface area contributed by atoms with Crippen molar-refractivity contribution >= 4 is 34.1 Å². The normalized spacial score (nSPS) is 17.0. The molecule has 1 unspecified atom stereocenters. The Morgan fingerprint density at radius 3 is 2.42 bits per heavy atom. The fourth-order valence-electron chi connectivity index (χ4n) is 3.34. The quantitative estimate of drug-likeness (QED) is 0.470. The second-order valence-electron chi connectivity index (χ2n) is 6.12. The van der Waals surface area contributed by atoms with Crippen molar-refractivity contribution in [1.82, 2.24) is 0 Å². The monoisotopic (exact) mass is 356 g/mol. The molecule has 0 fully saturated rings. The minimum atomic E-state index is 0.0214. The second-order valence-corrected chi connectivity index (χ2v) is 7.88. The van der Waals surface area contributed by atoms with Gasteiger partial charge in [-0.15, -0.1) is 11.6 Å². The Hall–Kier alpha value is -1.84. The lowest BCUT2D eigenvalue weighted by atomic mass is 9.87. The van der Waals surface area contributed by atoms with Crippen molar-refractivity contribution in [2.24, 2.45) is 0 Å². The molecule has 2 N–H and O–H groups in total. The van der Waals surface area contributed by atoms with E-state index in [4.69, 9.17) is 11.6 Å². The van der Waals surface area contributed by atoms with Crippen LogP contribution in [0.25, 0.3) is 10.8 Å². The van der Waals surface area contributed by atoms with Crippen LogP contribution >= 0.6 is 23.4 Å². The first kappa shape index (κ1) is 15.7. The predicted octanol–water partition coefficient (Wildman–Crippen LogP) is 5.50. The highest BCUT2D eigenvalue weighted by atomic mass is 35.5. The topological polar surface area (TPSA) is 40.5 Å². The van der Waals surface area contributed by atoms with Crippen LogP contribution < -0.4 is 0 Å². The molecule has 0 bridgehead atoms. The highest BCUT2D eigenvalue weighted by Crippen LogP contribution is 2.45. The molecular formula is C20H17ClO2S. The Bertz CT molecular complexity index is 909. The van der Waals surface area contributed by atoms with E-state index in [1.807, 2.05) is 36.4 Å². The Morgan fingerprint density at radius 2 is 1.62 bits per heavy atom. The van der Waals surface area contributed by atoms with Crippen molar-refractivity contribution in [2.75, 3.05) is 0 Å². The molecule has 0 spiro atoms. The third kappa shape index (κ3) is 2.72. The van der Waals surface area contributed by atoms with Crippen molar-refractivity contribution < 1.29 is 10.2 Å². The van der Waals surface area contributed by atoms with E-state index in [0.717, 1.165) is 27.3 Å². The van der Waals surface area contributed by atoms with E-state index in [1.54, 1.807) is 11.8 Å². The molecular weight excluding hydrogens is 340 g/mol. The molecule has 24 heavy (non-hydrogen) atoms. The Labute approximate surface area is 150 Å². The number of hydrogen-bond acceptors (Lipinski definition) is 3. The SMILES string of the molecule is Oc1c2c(c(O)c3ccc(Sc4ccccc4)cc13)CC(Cl)CC2. The van der Waals surface area contributed by atoms with Gasteiger partial charge >= 0.3 is 0 Å². The van der Waals surface area contributed by atoms with Gasteiger partial charge in [0.15, 0.2) is 0 Å². The highest BCUT2D eigenvalue weighted by Gasteiger charge is 2.25. The number of fused-ring (bicyclic) bond motifs is 2. The molecule has 4 rings (SSSR count). The van der Waals surface area contributed by atoms with E-state index < -0.39 is 0 Å². The predicted molar refractivity (Wildman–Crippen MR) is 99.5 cm³/mol. The maximum atomic E-state index is 10.7. The molecule has 0 saturated carbocycles. The van der Waals surface area contributed by atoms with Gasteiger partial charge in [0.05, 0.1) is 0 Å². The standard InChI is InChI=1S/C20H17ClO2S/c21-12-6-8-15-17(10-12)19(22)16-9-7-14(11-18(16)20(15)23)24-13-4-2-1-3-5-13/h1-5,7,9,11-12,22-23H,6,8,10H2. The summed E-state index contributed by atoms with van der Waals surface area (Å²) in [7, 11) is 0. The van der Waals surface area contributed by atoms with Gasteiger partial charge in [0.1, 0.15) is 11.5 Å². The molecule has 0 radical (unpaired) electrons. The van der Waals surface area contributed by atoms with E-state index in [0.29, 0.717) is 23.6 Å². The molecule has 1 aliphatic rings. The van der Waals surface area contributed by atoms with Gasteiger partial charge in [0.25, 0.3) is 0 Å². The first-order chi connectivity index (χ1) is 11.6. The summed E-state index contributed by atoms with van der Waals surface area (Å²) in [5, 5.41) is 22.8. The summed E-state index contributed by atoms with van der Waals surface area (Å²) < 4.78 is 0. The van der Waals surface area contributed by atoms with Crippen molar-refractivity contribution in [3.8, 4) is 11.5 Å². The van der Waals surface area contributed by atoms with Gasteiger partial charge in [0, 0.05) is 37.1 Å². The van der Waals surface area contributed by atoms with Crippen LogP contribution in [0.3, 0.4) is 0 Å². The molecule has 0 amide bonds. The number of benzene rings is 3. The molecule has 3 aromatic carbocycles. The Morgan fingerprint density at radius 1 is 0.875 bits per heavy atom. The van der Waals surface area contributed by atoms with Gasteiger partial charge in [-0.05, 0) is 49.6 Å². The number of phenolic OH excluding ortho intramolecular Hbond substituents is 2. The van der Waals surface area contributed by atoms with E-state index in [2.05, 4.69) is 12.1 Å². The van der Waals surface area contributed by atoms with Crippen LogP contribution in [0.5, 0.6) is 11.5 Å². The first-order valence-corrected chi connectivity index (χ1v) is 9.25. The summed E-state index contributed by atoms with van der Waals surface area (Å²) in [6.45, 7) is 0. The maximum absolute atomic E-state index is 10.7. The highest BCUT2D eigenvalue weighted by molar-refractivity contribution is 7.99. The lowest BCUT2D eigenvalue weighted by Crippen LogP contribution is -2.14. The van der Waals surface area contributed by atoms with E-state index in [1.165, 1.54) is 0 Å². The van der Waals surface area contributed by atoms with Crippen LogP contribution in [0.15, 0.2) is 58.3 Å². The molecule has 0 saturated heterocycles. The average Bonchev–Trinajstić information content (AvgIpc) is 2.60. The van der Waals surface area contributed by atoms with Crippen molar-refractivity contribution in [2.45, 2.75) is 34.4 Å². The number of aromatic hydroxyl groups is 2. The Kier molecular flexibility index (Phi) is 4.07. The lowest BCUT2D eigenvalue weighted by molar-refractivity contribution is 0.449. The van der Waals surface area contributed by atoms with Gasteiger partial charge in [-0.2, -0.15) is 0 Å². The van der Waals surface area contributed by atoms with E-state index in [9.17, 15) is 10.2 Å². The summed E-state index contributed by atoms with van der Waals surface area (Å²) in [6, 6.07) is 15.9. The number of hydrogen-bond donors (Lipinski definition) is 2. The van der Waals surface area contributed by atoms with E-state index >= 15 is 0 Å². The largest absolute Gasteiger partial charge is 0.507 e.